The van der Waals surface area contributed by atoms with E-state index in [9.17, 15) is 4.79 Å². The molecule has 0 saturated heterocycles. The molecule has 0 fully saturated rings. The standard InChI is InChI=1S/C12H22N2O/c1-5-8-10(4)11(15)14-12(6-2,7-3)9-13/h10H,5-8H2,1-4H3,(H,14,15). The molecule has 15 heavy (non-hydrogen) atoms. The van der Waals surface area contributed by atoms with Gasteiger partial charge < -0.3 is 5.32 Å². The van der Waals surface area contributed by atoms with Crippen molar-refractivity contribution >= 4 is 5.91 Å². The van der Waals surface area contributed by atoms with Crippen molar-refractivity contribution in [2.75, 3.05) is 0 Å². The minimum Gasteiger partial charge on any atom is -0.338 e. The van der Waals surface area contributed by atoms with Crippen molar-refractivity contribution in [2.45, 2.75) is 58.9 Å². The smallest absolute Gasteiger partial charge is 0.224 e. The average molecular weight is 210 g/mol. The first-order valence-electron chi connectivity index (χ1n) is 5.78. The molecule has 0 aliphatic heterocycles. The van der Waals surface area contributed by atoms with Gasteiger partial charge in [-0.15, -0.1) is 0 Å². The van der Waals surface area contributed by atoms with Gasteiger partial charge in [-0.05, 0) is 19.3 Å². The SMILES string of the molecule is CCCC(C)C(=O)NC(C#N)(CC)CC. The Balaban J connectivity index is 4.43. The molecule has 0 aliphatic rings. The molecule has 1 N–H and O–H groups in total. The maximum absolute atomic E-state index is 11.8. The molecular formula is C12H22N2O. The summed E-state index contributed by atoms with van der Waals surface area (Å²) >= 11 is 0. The number of nitriles is 1. The van der Waals surface area contributed by atoms with Crippen molar-refractivity contribution in [1.29, 1.82) is 5.26 Å². The highest BCUT2D eigenvalue weighted by atomic mass is 16.2. The van der Waals surface area contributed by atoms with Gasteiger partial charge in [-0.1, -0.05) is 34.1 Å². The Morgan fingerprint density at radius 1 is 1.40 bits per heavy atom. The van der Waals surface area contributed by atoms with Crippen LogP contribution in [0, 0.1) is 17.2 Å². The van der Waals surface area contributed by atoms with Crippen LogP contribution in [0.5, 0.6) is 0 Å². The van der Waals surface area contributed by atoms with Gasteiger partial charge in [-0.25, -0.2) is 0 Å². The summed E-state index contributed by atoms with van der Waals surface area (Å²) in [5.41, 5.74) is -0.668. The molecule has 0 radical (unpaired) electrons. The second-order valence-corrected chi connectivity index (χ2v) is 4.08. The van der Waals surface area contributed by atoms with E-state index in [-0.39, 0.29) is 11.8 Å². The van der Waals surface area contributed by atoms with Gasteiger partial charge in [0.05, 0.1) is 6.07 Å². The zero-order chi connectivity index (χ0) is 11.9. The molecule has 0 aromatic heterocycles. The van der Waals surface area contributed by atoms with E-state index < -0.39 is 5.54 Å². The number of nitrogens with one attached hydrogen (secondary N) is 1. The van der Waals surface area contributed by atoms with Crippen LogP contribution in [-0.4, -0.2) is 11.4 Å². The lowest BCUT2D eigenvalue weighted by Gasteiger charge is -2.26. The van der Waals surface area contributed by atoms with Crippen LogP contribution in [0.4, 0.5) is 0 Å². The number of carbonyl (C=O) groups excluding carboxylic acids is 1. The quantitative estimate of drug-likeness (QED) is 0.732. The summed E-state index contributed by atoms with van der Waals surface area (Å²) in [5.74, 6) is 0.00271. The van der Waals surface area contributed by atoms with Gasteiger partial charge in [0.2, 0.25) is 5.91 Å². The lowest BCUT2D eigenvalue weighted by Crippen LogP contribution is -2.48. The molecule has 0 saturated carbocycles. The molecule has 1 unspecified atom stereocenters. The molecule has 0 aromatic rings. The van der Waals surface area contributed by atoms with Crippen molar-refractivity contribution < 1.29 is 4.79 Å². The Labute approximate surface area is 92.9 Å². The van der Waals surface area contributed by atoms with Crippen LogP contribution < -0.4 is 5.32 Å². The van der Waals surface area contributed by atoms with E-state index in [1.165, 1.54) is 0 Å². The van der Waals surface area contributed by atoms with Crippen LogP contribution in [0.15, 0.2) is 0 Å². The maximum atomic E-state index is 11.8. The number of hydrogen-bond acceptors (Lipinski definition) is 2. The first-order valence-corrected chi connectivity index (χ1v) is 5.78. The molecule has 0 aliphatic carbocycles. The molecule has 1 amide bonds. The summed E-state index contributed by atoms with van der Waals surface area (Å²) in [6.45, 7) is 7.82. The molecular weight excluding hydrogens is 188 g/mol. The Hall–Kier alpha value is -1.04. The highest BCUT2D eigenvalue weighted by Crippen LogP contribution is 2.15. The summed E-state index contributed by atoms with van der Waals surface area (Å²) < 4.78 is 0. The predicted molar refractivity (Wildman–Crippen MR) is 61.1 cm³/mol. The maximum Gasteiger partial charge on any atom is 0.224 e. The number of carbonyl (C=O) groups is 1. The van der Waals surface area contributed by atoms with Crippen LogP contribution in [0.1, 0.15) is 53.4 Å². The largest absolute Gasteiger partial charge is 0.338 e. The van der Waals surface area contributed by atoms with Crippen LogP contribution >= 0.6 is 0 Å². The van der Waals surface area contributed by atoms with E-state index in [1.807, 2.05) is 20.8 Å². The first-order chi connectivity index (χ1) is 7.05. The third kappa shape index (κ3) is 3.91. The minimum absolute atomic E-state index is 0.000764. The van der Waals surface area contributed by atoms with Crippen LogP contribution in [0.3, 0.4) is 0 Å². The van der Waals surface area contributed by atoms with Gasteiger partial charge >= 0.3 is 0 Å². The summed E-state index contributed by atoms with van der Waals surface area (Å²) in [6.07, 6.45) is 3.18. The van der Waals surface area contributed by atoms with Crippen molar-refractivity contribution in [1.82, 2.24) is 5.32 Å². The summed E-state index contributed by atoms with van der Waals surface area (Å²) in [7, 11) is 0. The monoisotopic (exact) mass is 210 g/mol. The van der Waals surface area contributed by atoms with Crippen molar-refractivity contribution in [3.8, 4) is 6.07 Å². The van der Waals surface area contributed by atoms with Crippen molar-refractivity contribution in [3.63, 3.8) is 0 Å². The number of hydrogen-bond donors (Lipinski definition) is 1. The normalized spacial score (nSPS) is 13.0. The van der Waals surface area contributed by atoms with Crippen LogP contribution in [-0.2, 0) is 4.79 Å². The van der Waals surface area contributed by atoms with Crippen molar-refractivity contribution in [2.24, 2.45) is 5.92 Å². The van der Waals surface area contributed by atoms with Gasteiger partial charge in [0.1, 0.15) is 5.54 Å². The first kappa shape index (κ1) is 14.0. The Morgan fingerprint density at radius 2 is 1.93 bits per heavy atom. The highest BCUT2D eigenvalue weighted by molar-refractivity contribution is 5.79. The van der Waals surface area contributed by atoms with Gasteiger partial charge in [0.15, 0.2) is 0 Å². The number of nitrogens with zero attached hydrogens (tertiary/aromatic N) is 1. The Kier molecular flexibility index (Phi) is 6.00. The fraction of sp³-hybridized carbons (Fsp3) is 0.833. The average Bonchev–Trinajstić information content (AvgIpc) is 2.26. The third-order valence-electron chi connectivity index (χ3n) is 2.95. The summed E-state index contributed by atoms with van der Waals surface area (Å²) in [5, 5.41) is 11.9. The van der Waals surface area contributed by atoms with Gasteiger partial charge in [-0.3, -0.25) is 4.79 Å². The van der Waals surface area contributed by atoms with E-state index in [4.69, 9.17) is 5.26 Å². The van der Waals surface area contributed by atoms with Crippen LogP contribution in [0.2, 0.25) is 0 Å². The van der Waals surface area contributed by atoms with Gasteiger partial charge in [0, 0.05) is 5.92 Å². The fourth-order valence-electron chi connectivity index (χ4n) is 1.54. The molecule has 86 valence electrons. The van der Waals surface area contributed by atoms with Gasteiger partial charge in [-0.2, -0.15) is 5.26 Å². The minimum atomic E-state index is -0.668. The topological polar surface area (TPSA) is 52.9 Å². The third-order valence-corrected chi connectivity index (χ3v) is 2.95. The van der Waals surface area contributed by atoms with E-state index in [0.717, 1.165) is 12.8 Å². The van der Waals surface area contributed by atoms with E-state index in [2.05, 4.69) is 18.3 Å². The molecule has 3 heteroatoms. The van der Waals surface area contributed by atoms with E-state index >= 15 is 0 Å². The lowest BCUT2D eigenvalue weighted by atomic mass is 9.93. The van der Waals surface area contributed by atoms with E-state index in [0.29, 0.717) is 12.8 Å². The molecule has 0 spiro atoms. The second-order valence-electron chi connectivity index (χ2n) is 4.08. The van der Waals surface area contributed by atoms with Crippen LogP contribution in [0.25, 0.3) is 0 Å². The summed E-state index contributed by atoms with van der Waals surface area (Å²) in [4.78, 5) is 11.8. The zero-order valence-electron chi connectivity index (χ0n) is 10.3. The number of rotatable bonds is 6. The van der Waals surface area contributed by atoms with Crippen molar-refractivity contribution in [3.05, 3.63) is 0 Å². The zero-order valence-corrected chi connectivity index (χ0v) is 10.3. The predicted octanol–water partition coefficient (Wildman–Crippen LogP) is 2.62. The second kappa shape index (κ2) is 6.44. The molecule has 1 atom stereocenters. The number of amides is 1. The molecule has 0 heterocycles. The Morgan fingerprint density at radius 3 is 2.27 bits per heavy atom. The molecule has 0 rings (SSSR count). The molecule has 0 aromatic carbocycles. The summed E-state index contributed by atoms with van der Waals surface area (Å²) in [6, 6.07) is 2.21. The molecule has 0 bridgehead atoms. The van der Waals surface area contributed by atoms with E-state index in [1.54, 1.807) is 0 Å². The van der Waals surface area contributed by atoms with Gasteiger partial charge in [0.25, 0.3) is 0 Å². The molecule has 3 nitrogen and oxygen atoms in total. The lowest BCUT2D eigenvalue weighted by molar-refractivity contribution is -0.126. The Bertz CT molecular complexity index is 238. The highest BCUT2D eigenvalue weighted by Gasteiger charge is 2.29. The fourth-order valence-corrected chi connectivity index (χ4v) is 1.54.